The van der Waals surface area contributed by atoms with Crippen molar-refractivity contribution in [3.05, 3.63) is 107 Å². The van der Waals surface area contributed by atoms with Crippen LogP contribution < -0.4 is 10.6 Å². The number of likely N-dealkylation sites (tertiary alicyclic amines) is 1. The molecule has 3 aliphatic rings. The lowest BCUT2D eigenvalue weighted by atomic mass is 9.75. The van der Waals surface area contributed by atoms with Gasteiger partial charge in [0.1, 0.15) is 0 Å². The maximum Gasteiger partial charge on any atom is 0.251 e. The van der Waals surface area contributed by atoms with E-state index in [1.54, 1.807) is 12.1 Å². The molecule has 0 unspecified atom stereocenters. The van der Waals surface area contributed by atoms with Gasteiger partial charge in [0.2, 0.25) is 5.91 Å². The Balaban J connectivity index is 1.21. The summed E-state index contributed by atoms with van der Waals surface area (Å²) in [5.74, 6) is 0.620. The van der Waals surface area contributed by atoms with Gasteiger partial charge in [0.25, 0.3) is 5.91 Å². The fraction of sp³-hybridized carbons (Fsp3) is 0.500. The molecule has 3 N–H and O–H groups in total. The lowest BCUT2D eigenvalue weighted by Crippen LogP contribution is -2.61. The van der Waals surface area contributed by atoms with E-state index in [-0.39, 0.29) is 42.2 Å². The van der Waals surface area contributed by atoms with Gasteiger partial charge in [0.05, 0.1) is 24.9 Å². The average molecular weight is 654 g/mol. The Kier molecular flexibility index (Phi) is 11.0. The summed E-state index contributed by atoms with van der Waals surface area (Å²) in [4.78, 5) is 28.8. The zero-order chi connectivity index (χ0) is 33.7. The maximum atomic E-state index is 13.7. The zero-order valence-corrected chi connectivity index (χ0v) is 28.6. The number of aliphatic hydroxyl groups excluding tert-OH is 1. The average Bonchev–Trinajstić information content (AvgIpc) is 3.10. The second-order valence-corrected chi connectivity index (χ2v) is 14.8. The van der Waals surface area contributed by atoms with E-state index in [9.17, 15) is 14.7 Å². The fourth-order valence-electron chi connectivity index (χ4n) is 7.66. The molecule has 8 heteroatoms. The minimum atomic E-state index is -0.590. The first-order valence-corrected chi connectivity index (χ1v) is 17.7. The van der Waals surface area contributed by atoms with E-state index >= 15 is 0 Å². The van der Waals surface area contributed by atoms with E-state index < -0.39 is 6.29 Å². The number of carbonyl (C=O) groups is 2. The van der Waals surface area contributed by atoms with Gasteiger partial charge in [-0.1, -0.05) is 79.6 Å². The third-order valence-corrected chi connectivity index (χ3v) is 10.1. The molecular weight excluding hydrogens is 602 g/mol. The first-order valence-electron chi connectivity index (χ1n) is 17.7. The number of nitrogens with one attached hydrogen (secondary N) is 2. The fourth-order valence-corrected chi connectivity index (χ4v) is 7.66. The normalized spacial score (nSPS) is 26.3. The number of hydrogen-bond donors (Lipinski definition) is 3. The van der Waals surface area contributed by atoms with Crippen molar-refractivity contribution in [1.29, 1.82) is 0 Å². The van der Waals surface area contributed by atoms with Crippen molar-refractivity contribution >= 4 is 11.8 Å². The van der Waals surface area contributed by atoms with Crippen molar-refractivity contribution in [3.63, 3.8) is 0 Å². The molecule has 0 spiro atoms. The predicted molar refractivity (Wildman–Crippen MR) is 186 cm³/mol. The molecule has 6 atom stereocenters. The number of hydrogen-bond acceptors (Lipinski definition) is 6. The highest BCUT2D eigenvalue weighted by atomic mass is 16.7. The molecule has 2 aliphatic heterocycles. The van der Waals surface area contributed by atoms with Gasteiger partial charge in [0, 0.05) is 42.2 Å². The number of nitrogens with zero attached hydrogens (tertiary/aromatic N) is 1. The van der Waals surface area contributed by atoms with Crippen LogP contribution in [0.15, 0.2) is 78.9 Å². The Morgan fingerprint density at radius 1 is 0.833 bits per heavy atom. The lowest BCUT2D eigenvalue weighted by molar-refractivity contribution is -0.255. The maximum absolute atomic E-state index is 13.7. The number of amides is 2. The topological polar surface area (TPSA) is 100 Å². The summed E-state index contributed by atoms with van der Waals surface area (Å²) in [5.41, 5.74) is 4.13. The van der Waals surface area contributed by atoms with Gasteiger partial charge in [-0.3, -0.25) is 14.5 Å². The Hall–Kier alpha value is -3.56. The van der Waals surface area contributed by atoms with Gasteiger partial charge in [-0.25, -0.2) is 0 Å². The summed E-state index contributed by atoms with van der Waals surface area (Å²) in [6.45, 7) is 7.21. The van der Waals surface area contributed by atoms with E-state index in [4.69, 9.17) is 9.47 Å². The highest BCUT2D eigenvalue weighted by Crippen LogP contribution is 2.42. The first-order chi connectivity index (χ1) is 23.2. The molecule has 2 heterocycles. The standard InChI is InChI=1S/C40H51N3O5/c1-40(2,3)42-38(46)35-22-21-29-9-7-8-12-34(29)43(35)25-33-23-36(30-17-15-28(26-44)16-18-30)48-39(47-33)32-19-13-27(14-20-32)24-41-37(45)31-10-5-4-6-11-31/h4-6,10-11,13-20,29,33-36,39,44H,7-9,12,21-26H2,1-3H3,(H,41,45)(H,42,46)/t29-,33-,34-,35-,36+,39+/m1/s1. The number of fused-ring (bicyclic) bond motifs is 1. The van der Waals surface area contributed by atoms with Gasteiger partial charge in [-0.05, 0) is 81.2 Å². The van der Waals surface area contributed by atoms with E-state index in [1.807, 2.05) is 87.5 Å². The molecule has 0 radical (unpaired) electrons. The lowest BCUT2D eigenvalue weighted by Gasteiger charge is -2.50. The third kappa shape index (κ3) is 8.53. The Labute approximate surface area is 285 Å². The smallest absolute Gasteiger partial charge is 0.251 e. The molecule has 0 aromatic heterocycles. The number of rotatable bonds is 9. The van der Waals surface area contributed by atoms with Crippen molar-refractivity contribution in [3.8, 4) is 0 Å². The van der Waals surface area contributed by atoms with Crippen LogP contribution in [0.1, 0.15) is 111 Å². The van der Waals surface area contributed by atoms with Crippen LogP contribution in [0, 0.1) is 5.92 Å². The number of ether oxygens (including phenoxy) is 2. The molecule has 1 saturated carbocycles. The van der Waals surface area contributed by atoms with Crippen molar-refractivity contribution in [2.45, 2.75) is 115 Å². The van der Waals surface area contributed by atoms with Crippen molar-refractivity contribution in [2.24, 2.45) is 5.92 Å². The Morgan fingerprint density at radius 3 is 2.23 bits per heavy atom. The van der Waals surface area contributed by atoms with E-state index in [1.165, 1.54) is 19.3 Å². The molecule has 0 bridgehead atoms. The molecule has 48 heavy (non-hydrogen) atoms. The second-order valence-electron chi connectivity index (χ2n) is 14.8. The predicted octanol–water partition coefficient (Wildman–Crippen LogP) is 6.59. The molecule has 8 nitrogen and oxygen atoms in total. The minimum absolute atomic E-state index is 0.00610. The SMILES string of the molecule is CC(C)(C)NC(=O)[C@H]1CC[C@H]2CCCC[C@H]2N1C[C@H]1C[C@@H](c2ccc(CO)cc2)O[C@@H](c2ccc(CNC(=O)c3ccccc3)cc2)O1. The molecular formula is C40H51N3O5. The number of aliphatic hydroxyl groups is 1. The Morgan fingerprint density at radius 2 is 1.52 bits per heavy atom. The summed E-state index contributed by atoms with van der Waals surface area (Å²) in [6.07, 6.45) is 6.48. The van der Waals surface area contributed by atoms with Gasteiger partial charge in [-0.15, -0.1) is 0 Å². The van der Waals surface area contributed by atoms with Crippen LogP contribution in [0.2, 0.25) is 0 Å². The van der Waals surface area contributed by atoms with Crippen LogP contribution in [0.4, 0.5) is 0 Å². The summed E-state index contributed by atoms with van der Waals surface area (Å²) in [5, 5.41) is 15.9. The van der Waals surface area contributed by atoms with E-state index in [0.29, 0.717) is 37.0 Å². The number of benzene rings is 3. The molecule has 256 valence electrons. The molecule has 3 aromatic rings. The summed E-state index contributed by atoms with van der Waals surface area (Å²) < 4.78 is 13.4. The Bertz CT molecular complexity index is 1500. The van der Waals surface area contributed by atoms with Gasteiger partial charge in [0.15, 0.2) is 6.29 Å². The molecule has 1 aliphatic carbocycles. The van der Waals surface area contributed by atoms with Crippen LogP contribution in [0.3, 0.4) is 0 Å². The highest BCUT2D eigenvalue weighted by Gasteiger charge is 2.44. The number of carbonyl (C=O) groups excluding carboxylic acids is 2. The summed E-state index contributed by atoms with van der Waals surface area (Å²) in [6, 6.07) is 25.4. The van der Waals surface area contributed by atoms with E-state index in [0.717, 1.165) is 41.5 Å². The quantitative estimate of drug-likeness (QED) is 0.241. The first kappa shape index (κ1) is 34.3. The van der Waals surface area contributed by atoms with Crippen molar-refractivity contribution in [1.82, 2.24) is 15.5 Å². The van der Waals surface area contributed by atoms with Crippen LogP contribution in [-0.4, -0.2) is 52.1 Å². The monoisotopic (exact) mass is 653 g/mol. The molecule has 2 saturated heterocycles. The van der Waals surface area contributed by atoms with Gasteiger partial charge >= 0.3 is 0 Å². The van der Waals surface area contributed by atoms with Crippen molar-refractivity contribution in [2.75, 3.05) is 6.54 Å². The summed E-state index contributed by atoms with van der Waals surface area (Å²) in [7, 11) is 0. The minimum Gasteiger partial charge on any atom is -0.392 e. The number of piperidine rings is 1. The highest BCUT2D eigenvalue weighted by molar-refractivity contribution is 5.94. The largest absolute Gasteiger partial charge is 0.392 e. The van der Waals surface area contributed by atoms with Crippen LogP contribution >= 0.6 is 0 Å². The summed E-state index contributed by atoms with van der Waals surface area (Å²) >= 11 is 0. The molecule has 3 aromatic carbocycles. The van der Waals surface area contributed by atoms with Gasteiger partial charge < -0.3 is 25.2 Å². The second kappa shape index (κ2) is 15.3. The molecule has 6 rings (SSSR count). The van der Waals surface area contributed by atoms with Crippen LogP contribution in [0.25, 0.3) is 0 Å². The van der Waals surface area contributed by atoms with Gasteiger partial charge in [-0.2, -0.15) is 0 Å². The molecule has 3 fully saturated rings. The van der Waals surface area contributed by atoms with Crippen LogP contribution in [0.5, 0.6) is 0 Å². The third-order valence-electron chi connectivity index (χ3n) is 10.1. The molecule has 2 amide bonds. The van der Waals surface area contributed by atoms with E-state index in [2.05, 4.69) is 15.5 Å². The van der Waals surface area contributed by atoms with Crippen LogP contribution in [-0.2, 0) is 27.4 Å². The van der Waals surface area contributed by atoms with Crippen molar-refractivity contribution < 1.29 is 24.2 Å². The zero-order valence-electron chi connectivity index (χ0n) is 28.6.